The summed E-state index contributed by atoms with van der Waals surface area (Å²) >= 11 is 0. The van der Waals surface area contributed by atoms with Gasteiger partial charge in [0.25, 0.3) is 0 Å². The summed E-state index contributed by atoms with van der Waals surface area (Å²) in [6.07, 6.45) is 9.21. The van der Waals surface area contributed by atoms with Crippen LogP contribution in [-0.2, 0) is 0 Å². The average Bonchev–Trinajstić information content (AvgIpc) is 2.11. The van der Waals surface area contributed by atoms with Crippen molar-refractivity contribution in [3.8, 4) is 0 Å². The fourth-order valence-corrected chi connectivity index (χ4v) is 1.20. The quantitative estimate of drug-likeness (QED) is 0.584. The highest BCUT2D eigenvalue weighted by Gasteiger charge is 2.14. The van der Waals surface area contributed by atoms with Crippen LogP contribution in [0.15, 0.2) is 35.6 Å². The van der Waals surface area contributed by atoms with E-state index >= 15 is 0 Å². The zero-order chi connectivity index (χ0) is 9.19. The van der Waals surface area contributed by atoms with E-state index in [1.54, 1.807) is 0 Å². The van der Waals surface area contributed by atoms with E-state index in [1.165, 1.54) is 5.57 Å². The Kier molecular flexibility index (Phi) is 2.41. The SMILES string of the molecule is CC(C)(C)C1=CCC(N)=CC=C1. The van der Waals surface area contributed by atoms with Gasteiger partial charge in [-0.25, -0.2) is 0 Å². The molecule has 1 aliphatic rings. The smallest absolute Gasteiger partial charge is 0.0119 e. The predicted octanol–water partition coefficient (Wildman–Crippen LogP) is 2.76. The Hall–Kier alpha value is -0.980. The van der Waals surface area contributed by atoms with Crippen molar-refractivity contribution in [3.63, 3.8) is 0 Å². The van der Waals surface area contributed by atoms with E-state index in [9.17, 15) is 0 Å². The number of rotatable bonds is 0. The second-order valence-corrected chi connectivity index (χ2v) is 4.21. The van der Waals surface area contributed by atoms with E-state index in [0.29, 0.717) is 0 Å². The van der Waals surface area contributed by atoms with E-state index in [4.69, 9.17) is 5.73 Å². The summed E-state index contributed by atoms with van der Waals surface area (Å²) in [5.74, 6) is 0. The molecular formula is C11H17N. The molecule has 0 fully saturated rings. The minimum atomic E-state index is 0.231. The van der Waals surface area contributed by atoms with Gasteiger partial charge in [0.1, 0.15) is 0 Å². The summed E-state index contributed by atoms with van der Waals surface area (Å²) in [5, 5.41) is 0. The molecule has 1 heteroatoms. The Bertz CT molecular complexity index is 249. The molecule has 0 spiro atoms. The summed E-state index contributed by atoms with van der Waals surface area (Å²) in [5.41, 5.74) is 8.23. The molecule has 0 unspecified atom stereocenters. The van der Waals surface area contributed by atoms with Gasteiger partial charge in [0.2, 0.25) is 0 Å². The van der Waals surface area contributed by atoms with Crippen LogP contribution in [-0.4, -0.2) is 0 Å². The molecule has 0 aromatic carbocycles. The predicted molar refractivity (Wildman–Crippen MR) is 53.6 cm³/mol. The van der Waals surface area contributed by atoms with Crippen LogP contribution in [0.3, 0.4) is 0 Å². The van der Waals surface area contributed by atoms with Crippen molar-refractivity contribution in [2.75, 3.05) is 0 Å². The molecule has 2 N–H and O–H groups in total. The standard InChI is InChI=1S/C11H17N/c1-11(2,3)9-5-4-6-10(12)8-7-9/h4-7H,8,12H2,1-3H3. The lowest BCUT2D eigenvalue weighted by atomic mass is 9.86. The highest BCUT2D eigenvalue weighted by Crippen LogP contribution is 2.27. The summed E-state index contributed by atoms with van der Waals surface area (Å²) in [6.45, 7) is 6.64. The van der Waals surface area contributed by atoms with Gasteiger partial charge >= 0.3 is 0 Å². The summed E-state index contributed by atoms with van der Waals surface area (Å²) in [7, 11) is 0. The molecule has 0 aliphatic heterocycles. The molecule has 0 atom stereocenters. The second-order valence-electron chi connectivity index (χ2n) is 4.21. The fraction of sp³-hybridized carbons (Fsp3) is 0.455. The van der Waals surface area contributed by atoms with E-state index in [0.717, 1.165) is 12.1 Å². The van der Waals surface area contributed by atoms with Crippen molar-refractivity contribution in [2.45, 2.75) is 27.2 Å². The number of hydrogen-bond acceptors (Lipinski definition) is 1. The molecule has 12 heavy (non-hydrogen) atoms. The maximum atomic E-state index is 5.71. The van der Waals surface area contributed by atoms with Gasteiger partial charge < -0.3 is 5.73 Å². The van der Waals surface area contributed by atoms with Crippen LogP contribution in [0.2, 0.25) is 0 Å². The zero-order valence-electron chi connectivity index (χ0n) is 8.09. The molecule has 1 aliphatic carbocycles. The maximum Gasteiger partial charge on any atom is 0.0119 e. The first-order valence-electron chi connectivity index (χ1n) is 4.33. The minimum absolute atomic E-state index is 0.231. The van der Waals surface area contributed by atoms with Crippen LogP contribution in [0, 0.1) is 5.41 Å². The Balaban J connectivity index is 2.85. The van der Waals surface area contributed by atoms with Crippen molar-refractivity contribution in [3.05, 3.63) is 35.6 Å². The topological polar surface area (TPSA) is 26.0 Å². The lowest BCUT2D eigenvalue weighted by Crippen LogP contribution is -2.07. The third kappa shape index (κ3) is 2.26. The van der Waals surface area contributed by atoms with Gasteiger partial charge in [-0.1, -0.05) is 39.0 Å². The largest absolute Gasteiger partial charge is 0.402 e. The lowest BCUT2D eigenvalue weighted by Gasteiger charge is -2.19. The Labute approximate surface area is 74.7 Å². The van der Waals surface area contributed by atoms with Crippen LogP contribution >= 0.6 is 0 Å². The first-order valence-corrected chi connectivity index (χ1v) is 4.33. The van der Waals surface area contributed by atoms with Gasteiger partial charge in [0.15, 0.2) is 0 Å². The van der Waals surface area contributed by atoms with Crippen LogP contribution in [0.5, 0.6) is 0 Å². The van der Waals surface area contributed by atoms with Gasteiger partial charge in [0, 0.05) is 12.1 Å². The van der Waals surface area contributed by atoms with E-state index in [1.807, 2.05) is 12.2 Å². The Morgan fingerprint density at radius 3 is 2.58 bits per heavy atom. The second kappa shape index (κ2) is 3.18. The number of nitrogens with two attached hydrogens (primary N) is 1. The molecule has 0 radical (unpaired) electrons. The highest BCUT2D eigenvalue weighted by atomic mass is 14.6. The molecule has 0 amide bonds. The van der Waals surface area contributed by atoms with Gasteiger partial charge in [-0.2, -0.15) is 0 Å². The lowest BCUT2D eigenvalue weighted by molar-refractivity contribution is 0.515. The fourth-order valence-electron chi connectivity index (χ4n) is 1.20. The molecule has 1 nitrogen and oxygen atoms in total. The Morgan fingerprint density at radius 2 is 2.00 bits per heavy atom. The molecule has 0 aromatic rings. The van der Waals surface area contributed by atoms with Gasteiger partial charge in [-0.15, -0.1) is 0 Å². The van der Waals surface area contributed by atoms with E-state index in [2.05, 4.69) is 32.9 Å². The van der Waals surface area contributed by atoms with Crippen molar-refractivity contribution in [1.82, 2.24) is 0 Å². The normalized spacial score (nSPS) is 18.2. The molecule has 66 valence electrons. The molecule has 0 bridgehead atoms. The third-order valence-corrected chi connectivity index (χ3v) is 2.01. The van der Waals surface area contributed by atoms with Gasteiger partial charge in [-0.05, 0) is 17.1 Å². The molecule has 0 aromatic heterocycles. The van der Waals surface area contributed by atoms with Crippen LogP contribution in [0.25, 0.3) is 0 Å². The monoisotopic (exact) mass is 163 g/mol. The molecule has 1 rings (SSSR count). The summed E-state index contributed by atoms with van der Waals surface area (Å²) in [4.78, 5) is 0. The van der Waals surface area contributed by atoms with Crippen LogP contribution < -0.4 is 5.73 Å². The third-order valence-electron chi connectivity index (χ3n) is 2.01. The number of hydrogen-bond donors (Lipinski definition) is 1. The van der Waals surface area contributed by atoms with Crippen LogP contribution in [0.4, 0.5) is 0 Å². The number of allylic oxidation sites excluding steroid dienone is 5. The van der Waals surface area contributed by atoms with Gasteiger partial charge in [-0.3, -0.25) is 0 Å². The van der Waals surface area contributed by atoms with Crippen molar-refractivity contribution in [1.29, 1.82) is 0 Å². The first kappa shape index (κ1) is 9.11. The minimum Gasteiger partial charge on any atom is -0.402 e. The molecule has 0 saturated carbocycles. The Morgan fingerprint density at radius 1 is 1.33 bits per heavy atom. The molecular weight excluding hydrogens is 146 g/mol. The summed E-state index contributed by atoms with van der Waals surface area (Å²) in [6, 6.07) is 0. The molecule has 0 saturated heterocycles. The zero-order valence-corrected chi connectivity index (χ0v) is 8.09. The van der Waals surface area contributed by atoms with Gasteiger partial charge in [0.05, 0.1) is 0 Å². The molecule has 0 heterocycles. The maximum absolute atomic E-state index is 5.71. The summed E-state index contributed by atoms with van der Waals surface area (Å²) < 4.78 is 0. The average molecular weight is 163 g/mol. The van der Waals surface area contributed by atoms with Crippen LogP contribution in [0.1, 0.15) is 27.2 Å². The first-order chi connectivity index (χ1) is 5.50. The van der Waals surface area contributed by atoms with E-state index in [-0.39, 0.29) is 5.41 Å². The highest BCUT2D eigenvalue weighted by molar-refractivity contribution is 5.32. The van der Waals surface area contributed by atoms with Crippen molar-refractivity contribution in [2.24, 2.45) is 11.1 Å². The van der Waals surface area contributed by atoms with Crippen molar-refractivity contribution < 1.29 is 0 Å². The van der Waals surface area contributed by atoms with E-state index < -0.39 is 0 Å². The van der Waals surface area contributed by atoms with Crippen molar-refractivity contribution >= 4 is 0 Å².